The summed E-state index contributed by atoms with van der Waals surface area (Å²) >= 11 is 0. The van der Waals surface area contributed by atoms with Crippen LogP contribution in [-0.4, -0.2) is 21.3 Å². The van der Waals surface area contributed by atoms with Crippen LogP contribution in [-0.2, 0) is 6.54 Å². The molecule has 0 aliphatic heterocycles. The third-order valence-electron chi connectivity index (χ3n) is 3.30. The first-order chi connectivity index (χ1) is 10.7. The maximum atomic E-state index is 5.47. The Morgan fingerprint density at radius 1 is 1.00 bits per heavy atom. The van der Waals surface area contributed by atoms with Crippen LogP contribution in [0.25, 0.3) is 0 Å². The van der Waals surface area contributed by atoms with Crippen molar-refractivity contribution in [2.75, 3.05) is 26.6 Å². The molecule has 0 spiro atoms. The van der Waals surface area contributed by atoms with Crippen LogP contribution >= 0.6 is 0 Å². The van der Waals surface area contributed by atoms with Gasteiger partial charge < -0.3 is 19.5 Å². The molecule has 0 heterocycles. The average molecular weight is 297 g/mol. The van der Waals surface area contributed by atoms with Gasteiger partial charge in [0.05, 0.1) is 21.3 Å². The van der Waals surface area contributed by atoms with Crippen LogP contribution in [0.4, 0.5) is 5.69 Å². The smallest absolute Gasteiger partial charge is 0.203 e. The van der Waals surface area contributed by atoms with Gasteiger partial charge in [-0.25, -0.2) is 0 Å². The Hall–Kier alpha value is -2.80. The van der Waals surface area contributed by atoms with Gasteiger partial charge in [-0.05, 0) is 30.3 Å². The van der Waals surface area contributed by atoms with Gasteiger partial charge in [-0.15, -0.1) is 6.42 Å². The molecule has 0 bridgehead atoms. The van der Waals surface area contributed by atoms with Crippen LogP contribution in [0.15, 0.2) is 36.4 Å². The molecular weight excluding hydrogens is 278 g/mol. The number of terminal acetylenes is 1. The summed E-state index contributed by atoms with van der Waals surface area (Å²) < 4.78 is 16.1. The monoisotopic (exact) mass is 297 g/mol. The summed E-state index contributed by atoms with van der Waals surface area (Å²) in [6.07, 6.45) is 5.41. The van der Waals surface area contributed by atoms with E-state index in [0.717, 1.165) is 16.8 Å². The maximum absolute atomic E-state index is 5.47. The Morgan fingerprint density at radius 2 is 1.77 bits per heavy atom. The molecule has 2 aromatic rings. The predicted octanol–water partition coefficient (Wildman–Crippen LogP) is 3.31. The van der Waals surface area contributed by atoms with Crippen molar-refractivity contribution in [1.82, 2.24) is 0 Å². The molecule has 0 aromatic heterocycles. The Kier molecular flexibility index (Phi) is 5.16. The lowest BCUT2D eigenvalue weighted by molar-refractivity contribution is 0.322. The summed E-state index contributed by atoms with van der Waals surface area (Å²) in [5.74, 6) is 4.50. The molecule has 0 atom stereocenters. The van der Waals surface area contributed by atoms with Crippen LogP contribution in [0, 0.1) is 12.3 Å². The third-order valence-corrected chi connectivity index (χ3v) is 3.30. The fraction of sp³-hybridized carbons (Fsp3) is 0.222. The van der Waals surface area contributed by atoms with Crippen molar-refractivity contribution in [3.05, 3.63) is 47.5 Å². The van der Waals surface area contributed by atoms with E-state index in [1.807, 2.05) is 36.4 Å². The average Bonchev–Trinajstić information content (AvgIpc) is 2.58. The highest BCUT2D eigenvalue weighted by molar-refractivity contribution is 5.57. The second kappa shape index (κ2) is 7.28. The van der Waals surface area contributed by atoms with E-state index in [2.05, 4.69) is 11.2 Å². The molecule has 0 unspecified atom stereocenters. The number of hydrogen-bond donors (Lipinski definition) is 1. The summed E-state index contributed by atoms with van der Waals surface area (Å²) in [6.45, 7) is 0.581. The molecule has 0 radical (unpaired) electrons. The van der Waals surface area contributed by atoms with Gasteiger partial charge in [0, 0.05) is 23.4 Å². The molecular formula is C18H19NO3. The highest BCUT2D eigenvalue weighted by atomic mass is 16.5. The van der Waals surface area contributed by atoms with E-state index >= 15 is 0 Å². The molecule has 2 aromatic carbocycles. The van der Waals surface area contributed by atoms with Crippen LogP contribution in [0.1, 0.15) is 11.1 Å². The van der Waals surface area contributed by atoms with Crippen molar-refractivity contribution in [2.45, 2.75) is 6.54 Å². The van der Waals surface area contributed by atoms with Crippen LogP contribution in [0.3, 0.4) is 0 Å². The molecule has 0 fully saturated rings. The van der Waals surface area contributed by atoms with Crippen molar-refractivity contribution in [3.63, 3.8) is 0 Å². The van der Waals surface area contributed by atoms with Crippen LogP contribution in [0.5, 0.6) is 17.2 Å². The molecule has 0 amide bonds. The number of ether oxygens (including phenoxy) is 3. The standard InChI is InChI=1S/C18H19NO3/c1-5-13-7-6-8-15(11-13)19-12-14-9-10-16(20-2)18(22-4)17(14)21-3/h1,6-11,19H,12H2,2-4H3. The zero-order valence-corrected chi connectivity index (χ0v) is 13.0. The molecule has 2 rings (SSSR count). The second-order valence-corrected chi connectivity index (χ2v) is 4.57. The van der Waals surface area contributed by atoms with E-state index in [1.165, 1.54) is 0 Å². The number of nitrogens with one attached hydrogen (secondary N) is 1. The van der Waals surface area contributed by atoms with Gasteiger partial charge in [-0.2, -0.15) is 0 Å². The zero-order chi connectivity index (χ0) is 15.9. The normalized spacial score (nSPS) is 9.73. The van der Waals surface area contributed by atoms with Gasteiger partial charge in [-0.3, -0.25) is 0 Å². The molecule has 0 aliphatic rings. The number of methoxy groups -OCH3 is 3. The quantitative estimate of drug-likeness (QED) is 0.830. The fourth-order valence-corrected chi connectivity index (χ4v) is 2.22. The summed E-state index contributed by atoms with van der Waals surface area (Å²) in [5.41, 5.74) is 2.75. The zero-order valence-electron chi connectivity index (χ0n) is 13.0. The lowest BCUT2D eigenvalue weighted by Gasteiger charge is -2.16. The van der Waals surface area contributed by atoms with E-state index in [0.29, 0.717) is 23.8 Å². The molecule has 0 saturated carbocycles. The Bertz CT molecular complexity index is 689. The number of anilines is 1. The predicted molar refractivity (Wildman–Crippen MR) is 87.8 cm³/mol. The Morgan fingerprint density at radius 3 is 2.41 bits per heavy atom. The highest BCUT2D eigenvalue weighted by Crippen LogP contribution is 2.39. The summed E-state index contributed by atoms with van der Waals surface area (Å²) in [4.78, 5) is 0. The third kappa shape index (κ3) is 3.26. The lowest BCUT2D eigenvalue weighted by Crippen LogP contribution is -2.04. The van der Waals surface area contributed by atoms with Crippen LogP contribution in [0.2, 0.25) is 0 Å². The first-order valence-corrected chi connectivity index (χ1v) is 6.81. The maximum Gasteiger partial charge on any atom is 0.203 e. The summed E-state index contributed by atoms with van der Waals surface area (Å²) in [7, 11) is 4.80. The molecule has 1 N–H and O–H groups in total. The van der Waals surface area contributed by atoms with Crippen molar-refractivity contribution in [1.29, 1.82) is 0 Å². The van der Waals surface area contributed by atoms with E-state index in [9.17, 15) is 0 Å². The van der Waals surface area contributed by atoms with E-state index in [-0.39, 0.29) is 0 Å². The second-order valence-electron chi connectivity index (χ2n) is 4.57. The van der Waals surface area contributed by atoms with Gasteiger partial charge in [0.1, 0.15) is 0 Å². The number of hydrogen-bond acceptors (Lipinski definition) is 4. The molecule has 0 saturated heterocycles. The van der Waals surface area contributed by atoms with Gasteiger partial charge in [0.25, 0.3) is 0 Å². The van der Waals surface area contributed by atoms with E-state index in [4.69, 9.17) is 20.6 Å². The van der Waals surface area contributed by atoms with Gasteiger partial charge in [0.15, 0.2) is 11.5 Å². The first kappa shape index (κ1) is 15.6. The van der Waals surface area contributed by atoms with Crippen molar-refractivity contribution in [2.24, 2.45) is 0 Å². The van der Waals surface area contributed by atoms with Crippen LogP contribution < -0.4 is 19.5 Å². The molecule has 4 heteroatoms. The minimum absolute atomic E-state index is 0.581. The molecule has 114 valence electrons. The van der Waals surface area contributed by atoms with Crippen molar-refractivity contribution in [3.8, 4) is 29.6 Å². The van der Waals surface area contributed by atoms with Crippen molar-refractivity contribution >= 4 is 5.69 Å². The molecule has 22 heavy (non-hydrogen) atoms. The van der Waals surface area contributed by atoms with E-state index < -0.39 is 0 Å². The number of rotatable bonds is 6. The Balaban J connectivity index is 2.24. The van der Waals surface area contributed by atoms with Crippen molar-refractivity contribution < 1.29 is 14.2 Å². The molecule has 4 nitrogen and oxygen atoms in total. The summed E-state index contributed by atoms with van der Waals surface area (Å²) in [6, 6.07) is 11.5. The minimum Gasteiger partial charge on any atom is -0.493 e. The summed E-state index contributed by atoms with van der Waals surface area (Å²) in [5, 5.41) is 3.33. The minimum atomic E-state index is 0.581. The van der Waals surface area contributed by atoms with Gasteiger partial charge in [-0.1, -0.05) is 12.0 Å². The SMILES string of the molecule is C#Cc1cccc(NCc2ccc(OC)c(OC)c2OC)c1. The lowest BCUT2D eigenvalue weighted by atomic mass is 10.1. The topological polar surface area (TPSA) is 39.7 Å². The fourth-order valence-electron chi connectivity index (χ4n) is 2.22. The van der Waals surface area contributed by atoms with E-state index in [1.54, 1.807) is 21.3 Å². The Labute approximate surface area is 131 Å². The number of benzene rings is 2. The first-order valence-electron chi connectivity index (χ1n) is 6.81. The largest absolute Gasteiger partial charge is 0.493 e. The molecule has 0 aliphatic carbocycles. The van der Waals surface area contributed by atoms with Gasteiger partial charge >= 0.3 is 0 Å². The van der Waals surface area contributed by atoms with Gasteiger partial charge in [0.2, 0.25) is 5.75 Å². The highest BCUT2D eigenvalue weighted by Gasteiger charge is 2.15.